The van der Waals surface area contributed by atoms with Crippen LogP contribution in [0.25, 0.3) is 21.3 Å². The number of halogens is 5. The summed E-state index contributed by atoms with van der Waals surface area (Å²) < 4.78 is 71.1. The highest BCUT2D eigenvalue weighted by Gasteiger charge is 2.39. The van der Waals surface area contributed by atoms with Gasteiger partial charge in [0, 0.05) is 12.0 Å². The smallest absolute Gasteiger partial charge is 0.404 e. The molecule has 2 aromatic heterocycles. The van der Waals surface area contributed by atoms with Crippen molar-refractivity contribution in [2.75, 3.05) is 0 Å². The monoisotopic (exact) mass is 640 g/mol. The maximum Gasteiger partial charge on any atom is 0.404 e. The van der Waals surface area contributed by atoms with Gasteiger partial charge >= 0.3 is 12.1 Å². The fraction of sp³-hybridized carbons (Fsp3) is 0.500. The molecule has 218 valence electrons. The van der Waals surface area contributed by atoms with Gasteiger partial charge in [-0.15, -0.1) is 11.3 Å². The van der Waals surface area contributed by atoms with E-state index < -0.39 is 43.5 Å². The summed E-state index contributed by atoms with van der Waals surface area (Å²) in [4.78, 5) is 20.5. The molecule has 1 aromatic carbocycles. The lowest BCUT2D eigenvalue weighted by molar-refractivity contribution is -0.147. The third kappa shape index (κ3) is 6.46. The Labute approximate surface area is 242 Å². The standard InChI is InChI=1S/C24H25Cl2F3N4O5S2/c1-11(24(27,28)29)33-40(36,37)15-8-7-13(17(25)18(15)26)19-14(9-12-5-4-6-12)30-21(39-19)20-31-16(38-32-20)10-23(2,3)22(34)35/h7-8,11-12,33H,4-6,9-10H2,1-3H3,(H,34,35). The fourth-order valence-electron chi connectivity index (χ4n) is 3.91. The molecule has 4 rings (SSSR count). The summed E-state index contributed by atoms with van der Waals surface area (Å²) in [5.41, 5.74) is -0.130. The van der Waals surface area contributed by atoms with Crippen LogP contribution >= 0.6 is 34.5 Å². The third-order valence-corrected chi connectivity index (χ3v) is 10.3. The zero-order valence-corrected chi connectivity index (χ0v) is 24.6. The molecular formula is C24H25Cl2F3N4O5S2. The van der Waals surface area contributed by atoms with Gasteiger partial charge in [-0.1, -0.05) is 53.7 Å². The predicted molar refractivity (Wildman–Crippen MR) is 143 cm³/mol. The summed E-state index contributed by atoms with van der Waals surface area (Å²) in [5.74, 6) is -0.371. The number of thiazole rings is 1. The minimum atomic E-state index is -4.79. The molecule has 16 heteroatoms. The highest BCUT2D eigenvalue weighted by atomic mass is 35.5. The third-order valence-electron chi connectivity index (χ3n) is 6.64. The van der Waals surface area contributed by atoms with Crippen LogP contribution in [0.1, 0.15) is 51.6 Å². The van der Waals surface area contributed by atoms with Gasteiger partial charge in [0.25, 0.3) is 0 Å². The molecule has 0 amide bonds. The lowest BCUT2D eigenvalue weighted by Gasteiger charge is -2.24. The number of hydrogen-bond donors (Lipinski definition) is 2. The van der Waals surface area contributed by atoms with E-state index in [9.17, 15) is 31.5 Å². The number of carboxylic acid groups (broad SMARTS) is 1. The summed E-state index contributed by atoms with van der Waals surface area (Å²) >= 11 is 14.0. The molecular weight excluding hydrogens is 616 g/mol. The van der Waals surface area contributed by atoms with Crippen LogP contribution in [0.4, 0.5) is 13.2 Å². The van der Waals surface area contributed by atoms with Gasteiger partial charge in [0.05, 0.1) is 26.0 Å². The lowest BCUT2D eigenvalue weighted by Crippen LogP contribution is -2.43. The molecule has 3 aromatic rings. The Bertz CT molecular complexity index is 1540. The number of sulfonamides is 1. The van der Waals surface area contributed by atoms with E-state index in [1.54, 1.807) is 4.72 Å². The van der Waals surface area contributed by atoms with Gasteiger partial charge in [-0.05, 0) is 39.2 Å². The maximum atomic E-state index is 13.0. The number of alkyl halides is 3. The molecule has 9 nitrogen and oxygen atoms in total. The molecule has 40 heavy (non-hydrogen) atoms. The molecule has 0 spiro atoms. The van der Waals surface area contributed by atoms with Gasteiger partial charge in [-0.3, -0.25) is 4.79 Å². The van der Waals surface area contributed by atoms with Crippen LogP contribution in [-0.4, -0.2) is 46.8 Å². The predicted octanol–water partition coefficient (Wildman–Crippen LogP) is 6.39. The summed E-state index contributed by atoms with van der Waals surface area (Å²) in [6.07, 6.45) is -1.08. The van der Waals surface area contributed by atoms with Gasteiger partial charge in [0.1, 0.15) is 10.9 Å². The average molecular weight is 642 g/mol. The molecule has 1 atom stereocenters. The number of carboxylic acids is 1. The van der Waals surface area contributed by atoms with Crippen LogP contribution in [0.15, 0.2) is 21.6 Å². The average Bonchev–Trinajstić information content (AvgIpc) is 3.43. The largest absolute Gasteiger partial charge is 0.481 e. The number of aromatic nitrogens is 3. The van der Waals surface area contributed by atoms with Crippen molar-refractivity contribution in [1.29, 1.82) is 0 Å². The SMILES string of the molecule is CC(NS(=O)(=O)c1ccc(-c2sc(-c3noc(CC(C)(C)C(=O)O)n3)nc2CC2CCC2)c(Cl)c1Cl)C(F)(F)F. The van der Waals surface area contributed by atoms with Crippen LogP contribution in [0, 0.1) is 11.3 Å². The Hall–Kier alpha value is -2.26. The molecule has 1 unspecified atom stereocenters. The Morgan fingerprint density at radius 1 is 1.23 bits per heavy atom. The summed E-state index contributed by atoms with van der Waals surface area (Å²) in [7, 11) is -4.65. The van der Waals surface area contributed by atoms with E-state index >= 15 is 0 Å². The van der Waals surface area contributed by atoms with E-state index in [-0.39, 0.29) is 23.2 Å². The van der Waals surface area contributed by atoms with Crippen molar-refractivity contribution in [1.82, 2.24) is 19.8 Å². The first-order chi connectivity index (χ1) is 18.5. The number of carbonyl (C=O) groups is 1. The summed E-state index contributed by atoms with van der Waals surface area (Å²) in [6.45, 7) is 3.75. The molecule has 2 N–H and O–H groups in total. The van der Waals surface area contributed by atoms with Gasteiger partial charge in [-0.2, -0.15) is 22.9 Å². The molecule has 1 fully saturated rings. The molecule has 0 saturated heterocycles. The van der Waals surface area contributed by atoms with Crippen molar-refractivity contribution < 1.29 is 36.0 Å². The number of benzene rings is 1. The second-order valence-electron chi connectivity index (χ2n) is 10.3. The topological polar surface area (TPSA) is 135 Å². The first kappa shape index (κ1) is 30.7. The molecule has 1 saturated carbocycles. The quantitative estimate of drug-likeness (QED) is 0.260. The Morgan fingerprint density at radius 2 is 1.90 bits per heavy atom. The second-order valence-corrected chi connectivity index (χ2v) is 13.7. The van der Waals surface area contributed by atoms with Crippen LogP contribution in [-0.2, 0) is 27.7 Å². The van der Waals surface area contributed by atoms with Crippen molar-refractivity contribution >= 4 is 50.5 Å². The van der Waals surface area contributed by atoms with Gasteiger partial charge in [0.15, 0.2) is 5.01 Å². The number of hydrogen-bond acceptors (Lipinski definition) is 8. The summed E-state index contributed by atoms with van der Waals surface area (Å²) in [6, 6.07) is 0.132. The van der Waals surface area contributed by atoms with Crippen LogP contribution in [0.3, 0.4) is 0 Å². The molecule has 0 bridgehead atoms. The van der Waals surface area contributed by atoms with E-state index in [2.05, 4.69) is 10.1 Å². The summed E-state index contributed by atoms with van der Waals surface area (Å²) in [5, 5.41) is 13.1. The molecule has 2 heterocycles. The fourth-order valence-corrected chi connectivity index (χ4v) is 7.11. The van der Waals surface area contributed by atoms with Crippen molar-refractivity contribution in [3.05, 3.63) is 33.8 Å². The zero-order valence-electron chi connectivity index (χ0n) is 21.5. The molecule has 1 aliphatic carbocycles. The van der Waals surface area contributed by atoms with E-state index in [0.29, 0.717) is 40.4 Å². The Kier molecular flexibility index (Phi) is 8.59. The van der Waals surface area contributed by atoms with E-state index in [1.807, 2.05) is 0 Å². The van der Waals surface area contributed by atoms with Crippen molar-refractivity contribution in [2.24, 2.45) is 11.3 Å². The van der Waals surface area contributed by atoms with Crippen molar-refractivity contribution in [3.8, 4) is 21.3 Å². The van der Waals surface area contributed by atoms with Crippen molar-refractivity contribution in [2.45, 2.75) is 70.0 Å². The van der Waals surface area contributed by atoms with E-state index in [0.717, 1.165) is 36.7 Å². The number of nitrogens with zero attached hydrogens (tertiary/aromatic N) is 3. The highest BCUT2D eigenvalue weighted by Crippen LogP contribution is 2.44. The van der Waals surface area contributed by atoms with Gasteiger partial charge < -0.3 is 9.63 Å². The van der Waals surface area contributed by atoms with E-state index in [4.69, 9.17) is 32.7 Å². The highest BCUT2D eigenvalue weighted by molar-refractivity contribution is 7.89. The first-order valence-corrected chi connectivity index (χ1v) is 15.2. The maximum absolute atomic E-state index is 13.0. The minimum absolute atomic E-state index is 0.000854. The minimum Gasteiger partial charge on any atom is -0.481 e. The Balaban J connectivity index is 1.71. The number of nitrogens with one attached hydrogen (secondary N) is 1. The van der Waals surface area contributed by atoms with Crippen molar-refractivity contribution in [3.63, 3.8) is 0 Å². The normalized spacial score (nSPS) is 15.7. The lowest BCUT2D eigenvalue weighted by atomic mass is 9.82. The number of rotatable bonds is 10. The second kappa shape index (κ2) is 11.2. The Morgan fingerprint density at radius 3 is 2.48 bits per heavy atom. The van der Waals surface area contributed by atoms with Crippen LogP contribution in [0.5, 0.6) is 0 Å². The van der Waals surface area contributed by atoms with Gasteiger partial charge in [-0.25, -0.2) is 13.4 Å². The van der Waals surface area contributed by atoms with Gasteiger partial charge in [0.2, 0.25) is 21.7 Å². The zero-order chi connectivity index (χ0) is 29.6. The molecule has 0 radical (unpaired) electrons. The number of aliphatic carboxylic acids is 1. The van der Waals surface area contributed by atoms with Crippen LogP contribution < -0.4 is 4.72 Å². The van der Waals surface area contributed by atoms with E-state index in [1.165, 1.54) is 19.9 Å². The molecule has 0 aliphatic heterocycles. The molecule has 1 aliphatic rings. The first-order valence-electron chi connectivity index (χ1n) is 12.1. The van der Waals surface area contributed by atoms with Crippen LogP contribution in [0.2, 0.25) is 10.0 Å².